The molecule has 0 saturated heterocycles. The van der Waals surface area contributed by atoms with E-state index in [2.05, 4.69) is 20.0 Å². The molecule has 0 aliphatic carbocycles. The van der Waals surface area contributed by atoms with Crippen LogP contribution in [0.5, 0.6) is 0 Å². The van der Waals surface area contributed by atoms with Crippen LogP contribution in [0.3, 0.4) is 0 Å². The van der Waals surface area contributed by atoms with Gasteiger partial charge in [0.1, 0.15) is 9.76 Å². The molecule has 0 aromatic carbocycles. The zero-order valence-electron chi connectivity index (χ0n) is 8.02. The van der Waals surface area contributed by atoms with E-state index < -0.39 is 8.32 Å². The molecule has 2 nitrogen and oxygen atoms in total. The van der Waals surface area contributed by atoms with Crippen LogP contribution in [-0.2, 0) is 4.12 Å². The quantitative estimate of drug-likeness (QED) is 0.638. The number of hydrogen-bond acceptors (Lipinski definition) is 2. The standard InChI is InChI=1S/C7H21NOSi2/c1-4-10-9-11(2,3)7-5-6-8/h4-8,10H2,1-3H3. The molecule has 0 spiro atoms. The predicted octanol–water partition coefficient (Wildman–Crippen LogP) is 1.08. The van der Waals surface area contributed by atoms with Gasteiger partial charge in [-0.3, -0.25) is 0 Å². The van der Waals surface area contributed by atoms with Crippen molar-refractivity contribution in [1.29, 1.82) is 0 Å². The van der Waals surface area contributed by atoms with Crippen LogP contribution in [0.2, 0.25) is 25.2 Å². The summed E-state index contributed by atoms with van der Waals surface area (Å²) < 4.78 is 5.90. The van der Waals surface area contributed by atoms with Gasteiger partial charge in [-0.2, -0.15) is 0 Å². The molecule has 0 unspecified atom stereocenters. The molecule has 0 fully saturated rings. The van der Waals surface area contributed by atoms with Gasteiger partial charge in [0.15, 0.2) is 8.32 Å². The van der Waals surface area contributed by atoms with Crippen LogP contribution in [0.15, 0.2) is 0 Å². The first-order chi connectivity index (χ1) is 5.12. The first-order valence-corrected chi connectivity index (χ1v) is 9.15. The van der Waals surface area contributed by atoms with E-state index in [1.807, 2.05) is 0 Å². The van der Waals surface area contributed by atoms with Crippen molar-refractivity contribution in [3.63, 3.8) is 0 Å². The minimum atomic E-state index is -1.26. The summed E-state index contributed by atoms with van der Waals surface area (Å²) in [4.78, 5) is 0. The van der Waals surface area contributed by atoms with E-state index >= 15 is 0 Å². The highest BCUT2D eigenvalue weighted by Gasteiger charge is 2.19. The number of rotatable bonds is 6. The van der Waals surface area contributed by atoms with E-state index in [1.54, 1.807) is 0 Å². The molecule has 0 atom stereocenters. The molecule has 4 heteroatoms. The maximum Gasteiger partial charge on any atom is 0.173 e. The van der Waals surface area contributed by atoms with Gasteiger partial charge in [-0.05, 0) is 38.1 Å². The molecule has 0 radical (unpaired) electrons. The van der Waals surface area contributed by atoms with Crippen LogP contribution < -0.4 is 5.73 Å². The van der Waals surface area contributed by atoms with Crippen molar-refractivity contribution in [1.82, 2.24) is 0 Å². The Morgan fingerprint density at radius 3 is 2.55 bits per heavy atom. The average Bonchev–Trinajstić information content (AvgIpc) is 1.97. The van der Waals surface area contributed by atoms with Gasteiger partial charge in [0.2, 0.25) is 0 Å². The number of hydrogen-bond donors (Lipinski definition) is 1. The third-order valence-electron chi connectivity index (χ3n) is 1.68. The van der Waals surface area contributed by atoms with E-state index in [4.69, 9.17) is 9.85 Å². The third-order valence-corrected chi connectivity index (χ3v) is 7.59. The topological polar surface area (TPSA) is 35.2 Å². The van der Waals surface area contributed by atoms with E-state index in [1.165, 1.54) is 12.1 Å². The second-order valence-electron chi connectivity index (χ2n) is 3.50. The smallest absolute Gasteiger partial charge is 0.173 e. The normalized spacial score (nSPS) is 13.1. The summed E-state index contributed by atoms with van der Waals surface area (Å²) in [6.07, 6.45) is 1.14. The van der Waals surface area contributed by atoms with Crippen molar-refractivity contribution >= 4 is 18.1 Å². The second-order valence-corrected chi connectivity index (χ2v) is 10.1. The first kappa shape index (κ1) is 11.4. The molecular weight excluding hydrogens is 170 g/mol. The Kier molecular flexibility index (Phi) is 6.13. The lowest BCUT2D eigenvalue weighted by molar-refractivity contribution is 0.579. The average molecular weight is 191 g/mol. The highest BCUT2D eigenvalue weighted by Crippen LogP contribution is 2.12. The lowest BCUT2D eigenvalue weighted by Crippen LogP contribution is -2.32. The molecule has 2 N–H and O–H groups in total. The van der Waals surface area contributed by atoms with Crippen LogP contribution in [0.1, 0.15) is 13.3 Å². The maximum atomic E-state index is 5.90. The van der Waals surface area contributed by atoms with Crippen LogP contribution in [0.4, 0.5) is 0 Å². The molecule has 0 rings (SSSR count). The lowest BCUT2D eigenvalue weighted by atomic mass is 10.5. The molecule has 0 aliphatic rings. The zero-order chi connectivity index (χ0) is 8.74. The van der Waals surface area contributed by atoms with Gasteiger partial charge in [-0.1, -0.05) is 6.92 Å². The Hall–Kier alpha value is 0.354. The lowest BCUT2D eigenvalue weighted by Gasteiger charge is -2.22. The van der Waals surface area contributed by atoms with Crippen LogP contribution in [0, 0.1) is 0 Å². The highest BCUT2D eigenvalue weighted by molar-refractivity contribution is 6.75. The first-order valence-electron chi connectivity index (χ1n) is 4.46. The summed E-state index contributed by atoms with van der Waals surface area (Å²) >= 11 is 0. The van der Waals surface area contributed by atoms with Crippen molar-refractivity contribution in [2.24, 2.45) is 5.73 Å². The summed E-state index contributed by atoms with van der Waals surface area (Å²) in [7, 11) is -1.45. The minimum absolute atomic E-state index is 0.190. The fourth-order valence-electron chi connectivity index (χ4n) is 0.978. The third kappa shape index (κ3) is 6.74. The van der Waals surface area contributed by atoms with Gasteiger partial charge in [0.05, 0.1) is 0 Å². The minimum Gasteiger partial charge on any atom is -0.460 e. The SMILES string of the molecule is CC[SiH2]O[Si](C)(C)CCCN. The molecule has 68 valence electrons. The Balaban J connectivity index is 3.43. The van der Waals surface area contributed by atoms with Crippen molar-refractivity contribution in [2.45, 2.75) is 38.5 Å². The Bertz CT molecular complexity index is 88.4. The van der Waals surface area contributed by atoms with Crippen LogP contribution >= 0.6 is 0 Å². The fourth-order valence-corrected chi connectivity index (χ4v) is 5.64. The van der Waals surface area contributed by atoms with Crippen molar-refractivity contribution in [2.75, 3.05) is 6.54 Å². The van der Waals surface area contributed by atoms with Crippen molar-refractivity contribution < 1.29 is 4.12 Å². The Labute approximate surface area is 73.6 Å². The molecule has 0 bridgehead atoms. The summed E-state index contributed by atoms with van der Waals surface area (Å²) in [5, 5.41) is 0. The highest BCUT2D eigenvalue weighted by atomic mass is 28.4. The molecule has 0 aromatic rings. The van der Waals surface area contributed by atoms with Gasteiger partial charge < -0.3 is 9.85 Å². The molecule has 11 heavy (non-hydrogen) atoms. The van der Waals surface area contributed by atoms with E-state index in [0.29, 0.717) is 0 Å². The van der Waals surface area contributed by atoms with Gasteiger partial charge in [0, 0.05) is 0 Å². The molecule has 0 amide bonds. The largest absolute Gasteiger partial charge is 0.460 e. The van der Waals surface area contributed by atoms with Crippen molar-refractivity contribution in [3.05, 3.63) is 0 Å². The van der Waals surface area contributed by atoms with Crippen LogP contribution in [0.25, 0.3) is 0 Å². The second kappa shape index (κ2) is 5.94. The summed E-state index contributed by atoms with van der Waals surface area (Å²) in [6.45, 7) is 7.61. The number of nitrogens with two attached hydrogens (primary N) is 1. The fraction of sp³-hybridized carbons (Fsp3) is 1.00. The van der Waals surface area contributed by atoms with E-state index in [0.717, 1.165) is 13.0 Å². The molecule has 0 heterocycles. The molecule has 0 aliphatic heterocycles. The summed E-state index contributed by atoms with van der Waals surface area (Å²) in [6, 6.07) is 2.50. The summed E-state index contributed by atoms with van der Waals surface area (Å²) in [5.74, 6) is 0. The Morgan fingerprint density at radius 2 is 2.09 bits per heavy atom. The molecule has 0 aromatic heterocycles. The maximum absolute atomic E-state index is 5.90. The Morgan fingerprint density at radius 1 is 1.45 bits per heavy atom. The molecule has 0 saturated carbocycles. The predicted molar refractivity (Wildman–Crippen MR) is 56.1 cm³/mol. The van der Waals surface area contributed by atoms with Gasteiger partial charge >= 0.3 is 0 Å². The summed E-state index contributed by atoms with van der Waals surface area (Å²) in [5.41, 5.74) is 5.44. The van der Waals surface area contributed by atoms with Gasteiger partial charge in [-0.15, -0.1) is 0 Å². The van der Waals surface area contributed by atoms with Crippen molar-refractivity contribution in [3.8, 4) is 0 Å². The van der Waals surface area contributed by atoms with Gasteiger partial charge in [-0.25, -0.2) is 0 Å². The van der Waals surface area contributed by atoms with E-state index in [-0.39, 0.29) is 9.76 Å². The van der Waals surface area contributed by atoms with Gasteiger partial charge in [0.25, 0.3) is 0 Å². The van der Waals surface area contributed by atoms with Crippen LogP contribution in [-0.4, -0.2) is 24.6 Å². The van der Waals surface area contributed by atoms with E-state index in [9.17, 15) is 0 Å². The molecular formula is C7H21NOSi2. The zero-order valence-corrected chi connectivity index (χ0v) is 10.4. The monoisotopic (exact) mass is 191 g/mol.